The standard InChI is InChI=1S/C13H16N6O3S/c1-2-22-9-5-3-8(4-6-9)11-17-18-13(19(11)15)23-7-10(20)16-12(14)21/h3-6H,2,7,15H2,1H3,(H3,14,16,20,21). The average Bonchev–Trinajstić information content (AvgIpc) is 2.87. The van der Waals surface area contributed by atoms with E-state index >= 15 is 0 Å². The molecular formula is C13H16N6O3S. The maximum absolute atomic E-state index is 11.4. The maximum atomic E-state index is 11.4. The molecule has 0 aliphatic carbocycles. The third kappa shape index (κ3) is 4.36. The SMILES string of the molecule is CCOc1ccc(-c2nnc(SCC(=O)NC(N)=O)n2N)cc1. The normalized spacial score (nSPS) is 10.3. The van der Waals surface area contributed by atoms with Crippen molar-refractivity contribution in [1.29, 1.82) is 0 Å². The molecular weight excluding hydrogens is 320 g/mol. The number of nitrogens with two attached hydrogens (primary N) is 2. The van der Waals surface area contributed by atoms with Crippen LogP contribution in [-0.4, -0.2) is 39.2 Å². The number of rotatable bonds is 6. The van der Waals surface area contributed by atoms with Crippen LogP contribution in [0.2, 0.25) is 0 Å². The number of hydrogen-bond donors (Lipinski definition) is 3. The van der Waals surface area contributed by atoms with E-state index in [-0.39, 0.29) is 5.75 Å². The van der Waals surface area contributed by atoms with E-state index in [1.165, 1.54) is 4.68 Å². The largest absolute Gasteiger partial charge is 0.494 e. The number of nitrogens with one attached hydrogen (secondary N) is 1. The van der Waals surface area contributed by atoms with Crippen molar-refractivity contribution in [3.05, 3.63) is 24.3 Å². The highest BCUT2D eigenvalue weighted by Gasteiger charge is 2.14. The van der Waals surface area contributed by atoms with Gasteiger partial charge >= 0.3 is 6.03 Å². The summed E-state index contributed by atoms with van der Waals surface area (Å²) in [4.78, 5) is 21.9. The number of carbonyl (C=O) groups is 2. The van der Waals surface area contributed by atoms with Crippen molar-refractivity contribution < 1.29 is 14.3 Å². The van der Waals surface area contributed by atoms with Crippen molar-refractivity contribution in [3.8, 4) is 17.1 Å². The Bertz CT molecular complexity index is 700. The molecule has 3 amide bonds. The Morgan fingerprint density at radius 1 is 1.30 bits per heavy atom. The monoisotopic (exact) mass is 336 g/mol. The maximum Gasteiger partial charge on any atom is 0.318 e. The van der Waals surface area contributed by atoms with E-state index in [9.17, 15) is 9.59 Å². The summed E-state index contributed by atoms with van der Waals surface area (Å²) in [6, 6.07) is 6.33. The fraction of sp³-hybridized carbons (Fsp3) is 0.231. The van der Waals surface area contributed by atoms with Gasteiger partial charge in [-0.3, -0.25) is 10.1 Å². The molecule has 9 nitrogen and oxygen atoms in total. The number of thioether (sulfide) groups is 1. The summed E-state index contributed by atoms with van der Waals surface area (Å²) in [5.74, 6) is 6.54. The van der Waals surface area contributed by atoms with Gasteiger partial charge < -0.3 is 16.3 Å². The van der Waals surface area contributed by atoms with E-state index in [1.807, 2.05) is 24.4 Å². The average molecular weight is 336 g/mol. The second-order valence-corrected chi connectivity index (χ2v) is 5.28. The van der Waals surface area contributed by atoms with Gasteiger partial charge in [0, 0.05) is 5.56 Å². The molecule has 122 valence electrons. The van der Waals surface area contributed by atoms with E-state index in [0.29, 0.717) is 17.6 Å². The Kier molecular flexibility index (Phi) is 5.41. The second kappa shape index (κ2) is 7.49. The summed E-state index contributed by atoms with van der Waals surface area (Å²) in [5, 5.41) is 10.2. The minimum Gasteiger partial charge on any atom is -0.494 e. The predicted octanol–water partition coefficient (Wildman–Crippen LogP) is 0.345. The molecule has 0 bridgehead atoms. The van der Waals surface area contributed by atoms with Crippen LogP contribution in [-0.2, 0) is 4.79 Å². The van der Waals surface area contributed by atoms with Gasteiger partial charge in [0.15, 0.2) is 5.82 Å². The Morgan fingerprint density at radius 2 is 2.00 bits per heavy atom. The van der Waals surface area contributed by atoms with E-state index in [0.717, 1.165) is 23.1 Å². The number of primary amides is 1. The number of ether oxygens (including phenoxy) is 1. The van der Waals surface area contributed by atoms with Crippen LogP contribution >= 0.6 is 11.8 Å². The van der Waals surface area contributed by atoms with Gasteiger partial charge in [0.05, 0.1) is 12.4 Å². The number of amides is 3. The van der Waals surface area contributed by atoms with Crippen molar-refractivity contribution in [2.75, 3.05) is 18.2 Å². The smallest absolute Gasteiger partial charge is 0.318 e. The molecule has 0 aliphatic rings. The van der Waals surface area contributed by atoms with Crippen molar-refractivity contribution in [1.82, 2.24) is 20.2 Å². The summed E-state index contributed by atoms with van der Waals surface area (Å²) in [6.07, 6.45) is 0. The molecule has 23 heavy (non-hydrogen) atoms. The first-order valence-electron chi connectivity index (χ1n) is 6.67. The van der Waals surface area contributed by atoms with Gasteiger partial charge in [-0.2, -0.15) is 0 Å². The first kappa shape index (κ1) is 16.6. The molecule has 0 fully saturated rings. The number of nitrogen functional groups attached to an aromatic ring is 1. The Balaban J connectivity index is 2.06. The first-order chi connectivity index (χ1) is 11.0. The van der Waals surface area contributed by atoms with Gasteiger partial charge in [0.25, 0.3) is 0 Å². The molecule has 0 saturated heterocycles. The molecule has 2 rings (SSSR count). The Labute approximate surface area is 136 Å². The molecule has 0 saturated carbocycles. The van der Waals surface area contributed by atoms with Crippen molar-refractivity contribution in [2.24, 2.45) is 5.73 Å². The van der Waals surface area contributed by atoms with Crippen molar-refractivity contribution in [3.63, 3.8) is 0 Å². The molecule has 5 N–H and O–H groups in total. The zero-order valence-corrected chi connectivity index (χ0v) is 13.2. The molecule has 0 spiro atoms. The lowest BCUT2D eigenvalue weighted by atomic mass is 10.2. The topological polar surface area (TPSA) is 138 Å². The van der Waals surface area contributed by atoms with Crippen molar-refractivity contribution >= 4 is 23.7 Å². The fourth-order valence-corrected chi connectivity index (χ4v) is 2.40. The lowest BCUT2D eigenvalue weighted by molar-refractivity contribution is -0.117. The number of benzene rings is 1. The highest BCUT2D eigenvalue weighted by molar-refractivity contribution is 7.99. The van der Waals surface area contributed by atoms with Gasteiger partial charge in [-0.1, -0.05) is 11.8 Å². The van der Waals surface area contributed by atoms with E-state index in [1.54, 1.807) is 12.1 Å². The van der Waals surface area contributed by atoms with Crippen LogP contribution in [0.1, 0.15) is 6.92 Å². The van der Waals surface area contributed by atoms with E-state index in [4.69, 9.17) is 16.3 Å². The molecule has 2 aromatic rings. The summed E-state index contributed by atoms with van der Waals surface area (Å²) in [6.45, 7) is 2.49. The lowest BCUT2D eigenvalue weighted by Gasteiger charge is -2.05. The van der Waals surface area contributed by atoms with Gasteiger partial charge in [-0.15, -0.1) is 10.2 Å². The lowest BCUT2D eigenvalue weighted by Crippen LogP contribution is -2.36. The van der Waals surface area contributed by atoms with Crippen molar-refractivity contribution in [2.45, 2.75) is 12.1 Å². The van der Waals surface area contributed by atoms with Crippen LogP contribution in [0, 0.1) is 0 Å². The van der Waals surface area contributed by atoms with Crippen LogP contribution in [0.5, 0.6) is 5.75 Å². The van der Waals surface area contributed by atoms with Crippen LogP contribution < -0.4 is 21.6 Å². The van der Waals surface area contributed by atoms with Gasteiger partial charge in [-0.05, 0) is 31.2 Å². The van der Waals surface area contributed by atoms with E-state index in [2.05, 4.69) is 10.2 Å². The van der Waals surface area contributed by atoms with Crippen LogP contribution in [0.25, 0.3) is 11.4 Å². The van der Waals surface area contributed by atoms with Gasteiger partial charge in [-0.25, -0.2) is 9.47 Å². The zero-order valence-electron chi connectivity index (χ0n) is 12.4. The third-order valence-corrected chi connectivity index (χ3v) is 3.63. The minimum atomic E-state index is -0.903. The molecule has 1 heterocycles. The molecule has 0 radical (unpaired) electrons. The summed E-state index contributed by atoms with van der Waals surface area (Å²) >= 11 is 1.04. The van der Waals surface area contributed by atoms with Gasteiger partial charge in [0.1, 0.15) is 5.75 Å². The Morgan fingerprint density at radius 3 is 2.61 bits per heavy atom. The zero-order chi connectivity index (χ0) is 16.8. The van der Waals surface area contributed by atoms with Crippen LogP contribution in [0.15, 0.2) is 29.4 Å². The van der Waals surface area contributed by atoms with Crippen LogP contribution in [0.3, 0.4) is 0 Å². The molecule has 0 unspecified atom stereocenters. The summed E-state index contributed by atoms with van der Waals surface area (Å²) < 4.78 is 6.64. The molecule has 10 heteroatoms. The van der Waals surface area contributed by atoms with Crippen LogP contribution in [0.4, 0.5) is 4.79 Å². The van der Waals surface area contributed by atoms with E-state index < -0.39 is 11.9 Å². The van der Waals surface area contributed by atoms with Gasteiger partial charge in [0.2, 0.25) is 11.1 Å². The highest BCUT2D eigenvalue weighted by Crippen LogP contribution is 2.23. The first-order valence-corrected chi connectivity index (χ1v) is 7.65. The second-order valence-electron chi connectivity index (χ2n) is 4.33. The summed E-state index contributed by atoms with van der Waals surface area (Å²) in [7, 11) is 0. The number of nitrogens with zero attached hydrogens (tertiary/aromatic N) is 3. The number of carbonyl (C=O) groups excluding carboxylic acids is 2. The summed E-state index contributed by atoms with van der Waals surface area (Å²) in [5.41, 5.74) is 5.62. The number of imide groups is 1. The Hall–Kier alpha value is -2.75. The quantitative estimate of drug-likeness (QED) is 0.511. The fourth-order valence-electron chi connectivity index (χ4n) is 1.74. The predicted molar refractivity (Wildman–Crippen MR) is 85.2 cm³/mol. The number of urea groups is 1. The molecule has 0 aliphatic heterocycles. The number of hydrogen-bond acceptors (Lipinski definition) is 7. The number of aromatic nitrogens is 3. The third-order valence-electron chi connectivity index (χ3n) is 2.68. The minimum absolute atomic E-state index is 0.0540. The molecule has 1 aromatic heterocycles. The molecule has 0 atom stereocenters. The molecule has 1 aromatic carbocycles. The highest BCUT2D eigenvalue weighted by atomic mass is 32.2.